The normalized spacial score (nSPS) is 14.3. The minimum absolute atomic E-state index is 0.501. The van der Waals surface area contributed by atoms with Crippen molar-refractivity contribution in [1.82, 2.24) is 10.1 Å². The summed E-state index contributed by atoms with van der Waals surface area (Å²) in [4.78, 5) is 5.52. The molecule has 6 heteroatoms. The highest BCUT2D eigenvalue weighted by atomic mass is 79.9. The number of nitrogens with two attached hydrogens (primary N) is 1. The molecule has 1 aromatic carbocycles. The van der Waals surface area contributed by atoms with E-state index in [0.29, 0.717) is 17.5 Å². The van der Waals surface area contributed by atoms with Crippen LogP contribution < -0.4 is 5.73 Å². The first-order chi connectivity index (χ1) is 9.01. The monoisotopic (exact) mass is 341 g/mol. The van der Waals surface area contributed by atoms with Crippen molar-refractivity contribution in [3.05, 3.63) is 40.5 Å². The van der Waals surface area contributed by atoms with E-state index < -0.39 is 5.54 Å². The molecule has 1 atom stereocenters. The number of thioether (sulfide) groups is 1. The van der Waals surface area contributed by atoms with E-state index in [1.165, 1.54) is 4.90 Å². The van der Waals surface area contributed by atoms with E-state index in [4.69, 9.17) is 10.3 Å². The first-order valence-corrected chi connectivity index (χ1v) is 7.79. The second-order valence-corrected chi connectivity index (χ2v) is 6.49. The second-order valence-electron chi connectivity index (χ2n) is 4.53. The lowest BCUT2D eigenvalue weighted by Crippen LogP contribution is -2.32. The fraction of sp³-hybridized carbons (Fsp3) is 0.385. The zero-order valence-corrected chi connectivity index (χ0v) is 13.3. The van der Waals surface area contributed by atoms with Crippen LogP contribution in [-0.4, -0.2) is 10.1 Å². The molecule has 2 rings (SSSR count). The SMILES string of the molecule is CCC(C)(N)c1nc(CSc2ccc(Br)cc2)no1. The molecule has 0 bridgehead atoms. The number of rotatable bonds is 5. The molecule has 1 heterocycles. The van der Waals surface area contributed by atoms with Crippen LogP contribution in [0.3, 0.4) is 0 Å². The Morgan fingerprint density at radius 2 is 2.05 bits per heavy atom. The zero-order chi connectivity index (χ0) is 13.9. The Morgan fingerprint density at radius 3 is 2.68 bits per heavy atom. The predicted molar refractivity (Wildman–Crippen MR) is 79.8 cm³/mol. The molecule has 0 amide bonds. The first kappa shape index (κ1) is 14.6. The lowest BCUT2D eigenvalue weighted by Gasteiger charge is -2.16. The van der Waals surface area contributed by atoms with Crippen LogP contribution in [0.2, 0.25) is 0 Å². The van der Waals surface area contributed by atoms with Gasteiger partial charge in [-0.05, 0) is 37.6 Å². The van der Waals surface area contributed by atoms with Gasteiger partial charge in [-0.15, -0.1) is 11.8 Å². The Morgan fingerprint density at radius 1 is 1.37 bits per heavy atom. The van der Waals surface area contributed by atoms with Crippen LogP contribution in [0.1, 0.15) is 32.0 Å². The molecule has 0 spiro atoms. The summed E-state index contributed by atoms with van der Waals surface area (Å²) < 4.78 is 6.29. The van der Waals surface area contributed by atoms with Crippen LogP contribution >= 0.6 is 27.7 Å². The van der Waals surface area contributed by atoms with Crippen LogP contribution in [0.15, 0.2) is 38.2 Å². The fourth-order valence-electron chi connectivity index (χ4n) is 1.37. The van der Waals surface area contributed by atoms with E-state index in [2.05, 4.69) is 38.2 Å². The zero-order valence-electron chi connectivity index (χ0n) is 10.9. The van der Waals surface area contributed by atoms with Crippen LogP contribution in [0.4, 0.5) is 0 Å². The third kappa shape index (κ3) is 3.81. The van der Waals surface area contributed by atoms with Gasteiger partial charge in [-0.2, -0.15) is 4.98 Å². The highest BCUT2D eigenvalue weighted by molar-refractivity contribution is 9.10. The smallest absolute Gasteiger partial charge is 0.246 e. The minimum Gasteiger partial charge on any atom is -0.337 e. The number of benzene rings is 1. The number of aromatic nitrogens is 2. The van der Waals surface area contributed by atoms with Gasteiger partial charge < -0.3 is 10.3 Å². The highest BCUT2D eigenvalue weighted by Crippen LogP contribution is 2.25. The fourth-order valence-corrected chi connectivity index (χ4v) is 2.38. The topological polar surface area (TPSA) is 64.9 Å². The number of hydrogen-bond donors (Lipinski definition) is 1. The first-order valence-electron chi connectivity index (χ1n) is 6.01. The minimum atomic E-state index is -0.548. The third-order valence-electron chi connectivity index (χ3n) is 2.87. The molecule has 4 nitrogen and oxygen atoms in total. The maximum atomic E-state index is 6.07. The van der Waals surface area contributed by atoms with Crippen molar-refractivity contribution in [2.24, 2.45) is 5.73 Å². The van der Waals surface area contributed by atoms with Gasteiger partial charge in [0.25, 0.3) is 0 Å². The standard InChI is InChI=1S/C13H16BrN3OS/c1-3-13(2,15)12-16-11(17-18-12)8-19-10-6-4-9(14)5-7-10/h4-7H,3,8,15H2,1-2H3. The Balaban J connectivity index is 1.99. The van der Waals surface area contributed by atoms with Crippen molar-refractivity contribution < 1.29 is 4.52 Å². The number of halogens is 1. The van der Waals surface area contributed by atoms with E-state index >= 15 is 0 Å². The molecular weight excluding hydrogens is 326 g/mol. The largest absolute Gasteiger partial charge is 0.337 e. The predicted octanol–water partition coefficient (Wildman–Crippen LogP) is 3.71. The van der Waals surface area contributed by atoms with Crippen molar-refractivity contribution in [3.8, 4) is 0 Å². The summed E-state index contributed by atoms with van der Waals surface area (Å²) in [5.74, 6) is 1.85. The summed E-state index contributed by atoms with van der Waals surface area (Å²) in [7, 11) is 0. The number of hydrogen-bond acceptors (Lipinski definition) is 5. The van der Waals surface area contributed by atoms with Gasteiger partial charge in [-0.1, -0.05) is 28.0 Å². The van der Waals surface area contributed by atoms with Gasteiger partial charge in [0.05, 0.1) is 11.3 Å². The summed E-state index contributed by atoms with van der Waals surface area (Å²) in [6, 6.07) is 8.12. The average Bonchev–Trinajstić information content (AvgIpc) is 2.88. The van der Waals surface area contributed by atoms with Crippen LogP contribution in [0.25, 0.3) is 0 Å². The van der Waals surface area contributed by atoms with Gasteiger partial charge in [-0.25, -0.2) is 0 Å². The summed E-state index contributed by atoms with van der Waals surface area (Å²) in [6.07, 6.45) is 0.758. The van der Waals surface area contributed by atoms with Gasteiger partial charge in [0, 0.05) is 9.37 Å². The van der Waals surface area contributed by atoms with E-state index in [0.717, 1.165) is 10.9 Å². The Bertz CT molecular complexity index is 539. The maximum absolute atomic E-state index is 6.07. The van der Waals surface area contributed by atoms with Crippen LogP contribution in [-0.2, 0) is 11.3 Å². The van der Waals surface area contributed by atoms with E-state index in [9.17, 15) is 0 Å². The highest BCUT2D eigenvalue weighted by Gasteiger charge is 2.25. The Hall–Kier alpha value is -0.850. The molecule has 0 saturated carbocycles. The second kappa shape index (κ2) is 6.07. The van der Waals surface area contributed by atoms with Crippen molar-refractivity contribution in [3.63, 3.8) is 0 Å². The maximum Gasteiger partial charge on any atom is 0.246 e. The average molecular weight is 342 g/mol. The van der Waals surface area contributed by atoms with E-state index in [1.807, 2.05) is 26.0 Å². The third-order valence-corrected chi connectivity index (χ3v) is 4.41. The lowest BCUT2D eigenvalue weighted by molar-refractivity contribution is 0.290. The molecule has 0 radical (unpaired) electrons. The molecule has 0 aliphatic rings. The van der Waals surface area contributed by atoms with Gasteiger partial charge >= 0.3 is 0 Å². The lowest BCUT2D eigenvalue weighted by atomic mass is 10.0. The van der Waals surface area contributed by atoms with Crippen LogP contribution in [0.5, 0.6) is 0 Å². The van der Waals surface area contributed by atoms with Crippen molar-refractivity contribution in [2.45, 2.75) is 36.5 Å². The summed E-state index contributed by atoms with van der Waals surface area (Å²) in [5.41, 5.74) is 5.52. The number of nitrogens with zero attached hydrogens (tertiary/aromatic N) is 2. The molecule has 0 saturated heterocycles. The molecular formula is C13H16BrN3OS. The van der Waals surface area contributed by atoms with Crippen molar-refractivity contribution >= 4 is 27.7 Å². The molecule has 0 aliphatic carbocycles. The van der Waals surface area contributed by atoms with Gasteiger partial charge in [-0.3, -0.25) is 0 Å². The quantitative estimate of drug-likeness (QED) is 0.839. The van der Waals surface area contributed by atoms with E-state index in [-0.39, 0.29) is 0 Å². The van der Waals surface area contributed by atoms with E-state index in [1.54, 1.807) is 11.8 Å². The molecule has 2 N–H and O–H groups in total. The molecule has 0 fully saturated rings. The van der Waals surface area contributed by atoms with Crippen molar-refractivity contribution in [1.29, 1.82) is 0 Å². The summed E-state index contributed by atoms with van der Waals surface area (Å²) in [6.45, 7) is 3.90. The molecule has 1 aromatic heterocycles. The van der Waals surface area contributed by atoms with Gasteiger partial charge in [0.15, 0.2) is 5.82 Å². The summed E-state index contributed by atoms with van der Waals surface area (Å²) in [5, 5.41) is 3.97. The molecule has 0 aliphatic heterocycles. The van der Waals surface area contributed by atoms with Crippen LogP contribution in [0, 0.1) is 0 Å². The Labute approximate surface area is 125 Å². The summed E-state index contributed by atoms with van der Waals surface area (Å²) >= 11 is 5.08. The molecule has 2 aromatic rings. The Kier molecular flexibility index (Phi) is 4.65. The molecule has 1 unspecified atom stereocenters. The van der Waals surface area contributed by atoms with Gasteiger partial charge in [0.2, 0.25) is 5.89 Å². The molecule has 19 heavy (non-hydrogen) atoms. The van der Waals surface area contributed by atoms with Gasteiger partial charge in [0.1, 0.15) is 0 Å². The van der Waals surface area contributed by atoms with Crippen molar-refractivity contribution in [2.75, 3.05) is 0 Å². The molecule has 102 valence electrons.